The fourth-order valence-corrected chi connectivity index (χ4v) is 2.51. The zero-order chi connectivity index (χ0) is 20.5. The van der Waals surface area contributed by atoms with Crippen molar-refractivity contribution in [1.29, 1.82) is 0 Å². The topological polar surface area (TPSA) is 121 Å². The van der Waals surface area contributed by atoms with Gasteiger partial charge in [-0.25, -0.2) is 14.8 Å². The van der Waals surface area contributed by atoms with Gasteiger partial charge in [-0.3, -0.25) is 0 Å². The molecule has 1 aromatic carbocycles. The van der Waals surface area contributed by atoms with Crippen LogP contribution >= 0.6 is 0 Å². The molecule has 0 aliphatic heterocycles. The minimum absolute atomic E-state index is 0.0474. The van der Waals surface area contributed by atoms with Crippen molar-refractivity contribution in [2.24, 2.45) is 0 Å². The van der Waals surface area contributed by atoms with Crippen molar-refractivity contribution in [3.05, 3.63) is 72.8 Å². The summed E-state index contributed by atoms with van der Waals surface area (Å²) < 4.78 is 6.60. The van der Waals surface area contributed by atoms with Crippen LogP contribution in [0, 0.1) is 0 Å². The Balaban J connectivity index is 1.51. The Labute approximate surface area is 167 Å². The zero-order valence-electron chi connectivity index (χ0n) is 15.5. The molecular formula is C20H19N5O4. The van der Waals surface area contributed by atoms with Gasteiger partial charge in [-0.2, -0.15) is 0 Å². The lowest BCUT2D eigenvalue weighted by Gasteiger charge is -2.17. The van der Waals surface area contributed by atoms with Crippen LogP contribution in [0.3, 0.4) is 0 Å². The number of hydrogen-bond acceptors (Lipinski definition) is 7. The van der Waals surface area contributed by atoms with Gasteiger partial charge in [0, 0.05) is 30.4 Å². The summed E-state index contributed by atoms with van der Waals surface area (Å²) in [4.78, 5) is 31.5. The van der Waals surface area contributed by atoms with E-state index in [-0.39, 0.29) is 19.6 Å². The van der Waals surface area contributed by atoms with Gasteiger partial charge in [0.1, 0.15) is 12.8 Å². The molecule has 2 aromatic heterocycles. The van der Waals surface area contributed by atoms with E-state index in [1.165, 1.54) is 0 Å². The highest BCUT2D eigenvalue weighted by Gasteiger charge is 2.17. The van der Waals surface area contributed by atoms with Gasteiger partial charge in [-0.05, 0) is 16.7 Å². The number of ether oxygens (including phenoxy) is 1. The van der Waals surface area contributed by atoms with E-state index in [9.17, 15) is 14.7 Å². The number of aliphatic carboxylic acids is 1. The molecule has 1 unspecified atom stereocenters. The predicted molar refractivity (Wildman–Crippen MR) is 98.6 cm³/mol. The summed E-state index contributed by atoms with van der Waals surface area (Å²) in [5.41, 5.74) is 1.54. The standard InChI is InChI=1S/C20H19N5O4/c26-19(27)17(24-20(28)29-14-15-5-2-1-3-6-15)8-12-25-11-7-16(13-23-25)18-21-9-4-10-22-18/h1-7,9-11,13,17H,8,12,14H2,(H-,24,26,27,28). The molecule has 1 atom stereocenters. The van der Waals surface area contributed by atoms with E-state index in [1.807, 2.05) is 18.2 Å². The van der Waals surface area contributed by atoms with Crippen molar-refractivity contribution in [3.63, 3.8) is 0 Å². The molecule has 29 heavy (non-hydrogen) atoms. The van der Waals surface area contributed by atoms with Crippen LogP contribution in [0.15, 0.2) is 67.3 Å². The molecule has 0 aliphatic rings. The van der Waals surface area contributed by atoms with Crippen molar-refractivity contribution in [3.8, 4) is 11.4 Å². The molecule has 3 rings (SSSR count). The quantitative estimate of drug-likeness (QED) is 0.545. The third kappa shape index (κ3) is 6.06. The number of benzene rings is 1. The fourth-order valence-electron chi connectivity index (χ4n) is 2.51. The summed E-state index contributed by atoms with van der Waals surface area (Å²) in [6.07, 6.45) is 5.81. The second-order valence-electron chi connectivity index (χ2n) is 6.12. The van der Waals surface area contributed by atoms with Gasteiger partial charge in [0.15, 0.2) is 18.6 Å². The molecule has 1 amide bonds. The number of aryl methyl sites for hydroxylation is 1. The van der Waals surface area contributed by atoms with Gasteiger partial charge < -0.3 is 20.0 Å². The lowest BCUT2D eigenvalue weighted by atomic mass is 10.2. The Bertz CT molecular complexity index is 936. The number of carboxylic acid groups (broad SMARTS) is 1. The molecule has 9 nitrogen and oxygen atoms in total. The summed E-state index contributed by atoms with van der Waals surface area (Å²) in [5.74, 6) is -0.848. The van der Waals surface area contributed by atoms with Crippen LogP contribution in [0.25, 0.3) is 11.4 Å². The third-order valence-corrected chi connectivity index (χ3v) is 4.03. The van der Waals surface area contributed by atoms with E-state index in [0.717, 1.165) is 11.1 Å². The average Bonchev–Trinajstić information content (AvgIpc) is 2.76. The van der Waals surface area contributed by atoms with Crippen molar-refractivity contribution < 1.29 is 24.1 Å². The normalized spacial score (nSPS) is 11.4. The van der Waals surface area contributed by atoms with Crippen LogP contribution in [-0.2, 0) is 22.7 Å². The molecule has 148 valence electrons. The first-order valence-corrected chi connectivity index (χ1v) is 8.93. The van der Waals surface area contributed by atoms with E-state index in [2.05, 4.69) is 20.4 Å². The molecule has 9 heteroatoms. The zero-order valence-corrected chi connectivity index (χ0v) is 15.5. The second-order valence-corrected chi connectivity index (χ2v) is 6.12. The molecule has 0 aliphatic carbocycles. The van der Waals surface area contributed by atoms with Crippen molar-refractivity contribution in [2.75, 3.05) is 0 Å². The number of carbonyl (C=O) groups excluding carboxylic acids is 2. The Hall–Kier alpha value is -3.88. The summed E-state index contributed by atoms with van der Waals surface area (Å²) in [6, 6.07) is 11.4. The largest absolute Gasteiger partial charge is 0.548 e. The first-order chi connectivity index (χ1) is 14.1. The molecule has 0 bridgehead atoms. The van der Waals surface area contributed by atoms with Crippen LogP contribution in [0.4, 0.5) is 4.79 Å². The number of rotatable bonds is 8. The molecule has 0 radical (unpaired) electrons. The number of aromatic nitrogens is 4. The Morgan fingerprint density at radius 3 is 2.52 bits per heavy atom. The fraction of sp³-hybridized carbons (Fsp3) is 0.200. The van der Waals surface area contributed by atoms with E-state index in [0.29, 0.717) is 5.82 Å². The second kappa shape index (κ2) is 9.88. The average molecular weight is 393 g/mol. The Kier molecular flexibility index (Phi) is 6.77. The minimum Gasteiger partial charge on any atom is -0.548 e. The van der Waals surface area contributed by atoms with Crippen LogP contribution in [0.1, 0.15) is 12.0 Å². The van der Waals surface area contributed by atoms with Crippen molar-refractivity contribution in [1.82, 2.24) is 20.4 Å². The maximum absolute atomic E-state index is 11.9. The van der Waals surface area contributed by atoms with Crippen LogP contribution in [0.5, 0.6) is 0 Å². The summed E-state index contributed by atoms with van der Waals surface area (Å²) in [6.45, 7) is 0.305. The number of alkyl carbamates (subject to hydrolysis) is 1. The smallest absolute Gasteiger partial charge is 0.407 e. The minimum atomic E-state index is -1.39. The molecule has 0 saturated carbocycles. The first-order valence-electron chi connectivity index (χ1n) is 8.93. The highest BCUT2D eigenvalue weighted by molar-refractivity contribution is 5.78. The van der Waals surface area contributed by atoms with Gasteiger partial charge in [0.05, 0.1) is 12.0 Å². The highest BCUT2D eigenvalue weighted by Crippen LogP contribution is 2.09. The van der Waals surface area contributed by atoms with Crippen LogP contribution in [-0.4, -0.2) is 33.2 Å². The number of carbonyl (C=O) groups is 2. The highest BCUT2D eigenvalue weighted by atomic mass is 16.5. The molecule has 1 N–H and O–H groups in total. The van der Waals surface area contributed by atoms with Gasteiger partial charge in [0.25, 0.3) is 0 Å². The van der Waals surface area contributed by atoms with E-state index < -0.39 is 18.1 Å². The number of amides is 1. The van der Waals surface area contributed by atoms with E-state index in [4.69, 9.17) is 4.74 Å². The molecule has 0 fully saturated rings. The lowest BCUT2D eigenvalue weighted by Crippen LogP contribution is -2.50. The van der Waals surface area contributed by atoms with Gasteiger partial charge >= 0.3 is 6.09 Å². The Morgan fingerprint density at radius 1 is 1.10 bits per heavy atom. The van der Waals surface area contributed by atoms with E-state index in [1.54, 1.807) is 53.7 Å². The lowest BCUT2D eigenvalue weighted by molar-refractivity contribution is -0.754. The summed E-state index contributed by atoms with van der Waals surface area (Å²) in [7, 11) is 0. The summed E-state index contributed by atoms with van der Waals surface area (Å²) in [5, 5.41) is 17.9. The van der Waals surface area contributed by atoms with Gasteiger partial charge in [-0.1, -0.05) is 35.0 Å². The van der Waals surface area contributed by atoms with E-state index >= 15 is 0 Å². The number of hydrogen-bond donors (Lipinski definition) is 1. The van der Waals surface area contributed by atoms with Crippen molar-refractivity contribution >= 4 is 12.1 Å². The first kappa shape index (κ1) is 19.9. The molecule has 0 spiro atoms. The Morgan fingerprint density at radius 2 is 1.86 bits per heavy atom. The molecule has 2 heterocycles. The van der Waals surface area contributed by atoms with Gasteiger partial charge in [0.2, 0.25) is 0 Å². The molecule has 0 saturated heterocycles. The molecular weight excluding hydrogens is 374 g/mol. The maximum atomic E-state index is 11.9. The van der Waals surface area contributed by atoms with Crippen molar-refractivity contribution in [2.45, 2.75) is 25.6 Å². The molecule has 3 aromatic rings. The number of carboxylic acids is 1. The number of nitrogens with zero attached hydrogens (tertiary/aromatic N) is 4. The summed E-state index contributed by atoms with van der Waals surface area (Å²) >= 11 is 0. The maximum Gasteiger partial charge on any atom is 0.407 e. The predicted octanol–water partition coefficient (Wildman–Crippen LogP) is 0.261. The third-order valence-electron chi connectivity index (χ3n) is 4.03. The number of nitrogens with one attached hydrogen (secondary N) is 1. The van der Waals surface area contributed by atoms with Crippen LogP contribution in [0.2, 0.25) is 0 Å². The SMILES string of the molecule is O=C(NC(CC[n+]1ccc(-c2ncccn2)cn1)C(=O)[O-])OCc1ccccc1. The van der Waals surface area contributed by atoms with Crippen LogP contribution < -0.4 is 15.1 Å². The van der Waals surface area contributed by atoms with Gasteiger partial charge in [-0.15, -0.1) is 0 Å². The monoisotopic (exact) mass is 393 g/mol.